The predicted molar refractivity (Wildman–Crippen MR) is 86.5 cm³/mol. The Kier molecular flexibility index (Phi) is 4.80. The van der Waals surface area contributed by atoms with Crippen LogP contribution in [0.3, 0.4) is 0 Å². The molecule has 7 heteroatoms. The predicted octanol–water partition coefficient (Wildman–Crippen LogP) is 1.06. The quantitative estimate of drug-likeness (QED) is 0.775. The second-order valence-electron chi connectivity index (χ2n) is 7.24. The SMILES string of the molecule is O=C(CN1CCOCC1)N1CCC(CCc2noc(C3CC3)n2)C1. The molecule has 24 heavy (non-hydrogen) atoms. The van der Waals surface area contributed by atoms with Gasteiger partial charge < -0.3 is 14.2 Å². The number of nitrogens with zero attached hydrogens (tertiary/aromatic N) is 4. The number of amides is 1. The molecule has 1 aromatic rings. The van der Waals surface area contributed by atoms with Gasteiger partial charge in [0.15, 0.2) is 5.82 Å². The molecule has 1 aromatic heterocycles. The Bertz CT molecular complexity index is 566. The number of carbonyl (C=O) groups excluding carboxylic acids is 1. The summed E-state index contributed by atoms with van der Waals surface area (Å²) in [5.41, 5.74) is 0. The van der Waals surface area contributed by atoms with E-state index in [2.05, 4.69) is 15.0 Å². The number of morpholine rings is 1. The highest BCUT2D eigenvalue weighted by Crippen LogP contribution is 2.38. The topological polar surface area (TPSA) is 71.7 Å². The van der Waals surface area contributed by atoms with Gasteiger partial charge in [0.25, 0.3) is 0 Å². The van der Waals surface area contributed by atoms with E-state index < -0.39 is 0 Å². The van der Waals surface area contributed by atoms with E-state index in [4.69, 9.17) is 9.26 Å². The van der Waals surface area contributed by atoms with Crippen molar-refractivity contribution in [2.24, 2.45) is 5.92 Å². The molecule has 132 valence electrons. The second-order valence-corrected chi connectivity index (χ2v) is 7.24. The van der Waals surface area contributed by atoms with Crippen LogP contribution in [0, 0.1) is 5.92 Å². The number of likely N-dealkylation sites (tertiary alicyclic amines) is 1. The Morgan fingerprint density at radius 2 is 2.00 bits per heavy atom. The van der Waals surface area contributed by atoms with E-state index in [1.54, 1.807) is 0 Å². The average Bonchev–Trinajstić information content (AvgIpc) is 3.16. The molecule has 1 unspecified atom stereocenters. The lowest BCUT2D eigenvalue weighted by Gasteiger charge is -2.28. The van der Waals surface area contributed by atoms with Crippen LogP contribution in [0.4, 0.5) is 0 Å². The summed E-state index contributed by atoms with van der Waals surface area (Å²) in [6.07, 6.45) is 5.34. The highest BCUT2D eigenvalue weighted by molar-refractivity contribution is 5.78. The number of hydrogen-bond acceptors (Lipinski definition) is 6. The van der Waals surface area contributed by atoms with Crippen molar-refractivity contribution in [1.82, 2.24) is 19.9 Å². The zero-order valence-corrected chi connectivity index (χ0v) is 14.2. The summed E-state index contributed by atoms with van der Waals surface area (Å²) in [6, 6.07) is 0. The number of ether oxygens (including phenoxy) is 1. The lowest BCUT2D eigenvalue weighted by atomic mass is 10.0. The zero-order valence-electron chi connectivity index (χ0n) is 14.2. The lowest BCUT2D eigenvalue weighted by Crippen LogP contribution is -2.44. The smallest absolute Gasteiger partial charge is 0.236 e. The molecule has 3 fully saturated rings. The van der Waals surface area contributed by atoms with Crippen LogP contribution >= 0.6 is 0 Å². The van der Waals surface area contributed by atoms with Gasteiger partial charge in [-0.15, -0.1) is 0 Å². The first kappa shape index (κ1) is 16.0. The summed E-state index contributed by atoms with van der Waals surface area (Å²) in [7, 11) is 0. The highest BCUT2D eigenvalue weighted by Gasteiger charge is 2.30. The summed E-state index contributed by atoms with van der Waals surface area (Å²) in [5.74, 6) is 2.98. The van der Waals surface area contributed by atoms with Crippen molar-refractivity contribution in [2.75, 3.05) is 45.9 Å². The molecule has 1 saturated carbocycles. The third kappa shape index (κ3) is 3.95. The Hall–Kier alpha value is -1.47. The Morgan fingerprint density at radius 3 is 2.79 bits per heavy atom. The third-order valence-corrected chi connectivity index (χ3v) is 5.29. The zero-order chi connectivity index (χ0) is 16.4. The van der Waals surface area contributed by atoms with Crippen LogP contribution in [-0.2, 0) is 16.0 Å². The Balaban J connectivity index is 1.20. The maximum atomic E-state index is 12.4. The van der Waals surface area contributed by atoms with Crippen molar-refractivity contribution < 1.29 is 14.1 Å². The standard InChI is InChI=1S/C17H26N4O3/c22-16(12-20-7-9-23-10-8-20)21-6-5-13(11-21)1-4-15-18-17(24-19-15)14-2-3-14/h13-14H,1-12H2. The van der Waals surface area contributed by atoms with Gasteiger partial charge in [0.1, 0.15) is 0 Å². The molecule has 0 spiro atoms. The van der Waals surface area contributed by atoms with E-state index in [1.165, 1.54) is 12.8 Å². The van der Waals surface area contributed by atoms with Crippen LogP contribution in [0.15, 0.2) is 4.52 Å². The van der Waals surface area contributed by atoms with Crippen LogP contribution in [0.25, 0.3) is 0 Å². The maximum Gasteiger partial charge on any atom is 0.236 e. The average molecular weight is 334 g/mol. The molecule has 1 aliphatic carbocycles. The monoisotopic (exact) mass is 334 g/mol. The van der Waals surface area contributed by atoms with Crippen LogP contribution in [0.1, 0.15) is 43.3 Å². The molecule has 2 saturated heterocycles. The molecule has 7 nitrogen and oxygen atoms in total. The summed E-state index contributed by atoms with van der Waals surface area (Å²) in [5, 5.41) is 4.08. The summed E-state index contributed by atoms with van der Waals surface area (Å²) in [6.45, 7) is 5.50. The summed E-state index contributed by atoms with van der Waals surface area (Å²) in [4.78, 5) is 21.1. The van der Waals surface area contributed by atoms with E-state index in [-0.39, 0.29) is 5.91 Å². The molecule has 1 amide bonds. The molecular weight excluding hydrogens is 308 g/mol. The molecule has 0 N–H and O–H groups in total. The van der Waals surface area contributed by atoms with Crippen LogP contribution in [0.2, 0.25) is 0 Å². The number of hydrogen-bond donors (Lipinski definition) is 0. The lowest BCUT2D eigenvalue weighted by molar-refractivity contribution is -0.132. The summed E-state index contributed by atoms with van der Waals surface area (Å²) < 4.78 is 10.6. The van der Waals surface area contributed by atoms with Gasteiger partial charge in [0.2, 0.25) is 11.8 Å². The maximum absolute atomic E-state index is 12.4. The van der Waals surface area contributed by atoms with Gasteiger partial charge >= 0.3 is 0 Å². The van der Waals surface area contributed by atoms with Crippen LogP contribution < -0.4 is 0 Å². The third-order valence-electron chi connectivity index (χ3n) is 5.29. The molecule has 3 aliphatic rings. The number of aryl methyl sites for hydroxylation is 1. The van der Waals surface area contributed by atoms with Gasteiger partial charge in [-0.2, -0.15) is 4.98 Å². The van der Waals surface area contributed by atoms with Gasteiger partial charge in [-0.05, 0) is 31.6 Å². The van der Waals surface area contributed by atoms with Crippen molar-refractivity contribution in [3.8, 4) is 0 Å². The van der Waals surface area contributed by atoms with Gasteiger partial charge in [-0.3, -0.25) is 9.69 Å². The number of rotatable bonds is 6. The van der Waals surface area contributed by atoms with Gasteiger partial charge in [0, 0.05) is 38.5 Å². The van der Waals surface area contributed by atoms with Crippen LogP contribution in [-0.4, -0.2) is 71.8 Å². The van der Waals surface area contributed by atoms with Gasteiger partial charge in [-0.25, -0.2) is 0 Å². The molecule has 0 radical (unpaired) electrons. The minimum absolute atomic E-state index is 0.259. The van der Waals surface area contributed by atoms with Crippen molar-refractivity contribution in [2.45, 2.75) is 38.0 Å². The van der Waals surface area contributed by atoms with Crippen molar-refractivity contribution in [1.29, 1.82) is 0 Å². The Labute approximate surface area is 142 Å². The van der Waals surface area contributed by atoms with Gasteiger partial charge in [-0.1, -0.05) is 5.16 Å². The fourth-order valence-electron chi connectivity index (χ4n) is 3.54. The second kappa shape index (κ2) is 7.19. The van der Waals surface area contributed by atoms with E-state index >= 15 is 0 Å². The van der Waals surface area contributed by atoms with Crippen molar-refractivity contribution in [3.63, 3.8) is 0 Å². The molecule has 1 atom stereocenters. The van der Waals surface area contributed by atoms with Gasteiger partial charge in [0.05, 0.1) is 19.8 Å². The minimum atomic E-state index is 0.259. The van der Waals surface area contributed by atoms with Crippen molar-refractivity contribution >= 4 is 5.91 Å². The number of carbonyl (C=O) groups is 1. The molecule has 0 aromatic carbocycles. The molecule has 0 bridgehead atoms. The molecule has 2 aliphatic heterocycles. The largest absolute Gasteiger partial charge is 0.379 e. The fraction of sp³-hybridized carbons (Fsp3) is 0.824. The van der Waals surface area contributed by atoms with Crippen LogP contribution in [0.5, 0.6) is 0 Å². The molecule has 3 heterocycles. The first-order chi connectivity index (χ1) is 11.8. The van der Waals surface area contributed by atoms with E-state index in [9.17, 15) is 4.79 Å². The van der Waals surface area contributed by atoms with E-state index in [1.807, 2.05) is 4.90 Å². The first-order valence-corrected chi connectivity index (χ1v) is 9.18. The summed E-state index contributed by atoms with van der Waals surface area (Å²) >= 11 is 0. The van der Waals surface area contributed by atoms with E-state index in [0.29, 0.717) is 18.4 Å². The Morgan fingerprint density at radius 1 is 1.17 bits per heavy atom. The molecular formula is C17H26N4O3. The number of aromatic nitrogens is 2. The first-order valence-electron chi connectivity index (χ1n) is 9.18. The normalized spacial score (nSPS) is 25.3. The highest BCUT2D eigenvalue weighted by atomic mass is 16.5. The van der Waals surface area contributed by atoms with E-state index in [0.717, 1.165) is 70.4 Å². The minimum Gasteiger partial charge on any atom is -0.379 e. The van der Waals surface area contributed by atoms with Crippen molar-refractivity contribution in [3.05, 3.63) is 11.7 Å². The molecule has 4 rings (SSSR count). The fourth-order valence-corrected chi connectivity index (χ4v) is 3.54.